The number of aliphatic hydroxyl groups is 1. The first kappa shape index (κ1) is 13.1. The zero-order chi connectivity index (χ0) is 13.1. The molecule has 2 atom stereocenters. The summed E-state index contributed by atoms with van der Waals surface area (Å²) >= 11 is 0. The van der Waals surface area contributed by atoms with Crippen LogP contribution in [0.15, 0.2) is 24.3 Å². The van der Waals surface area contributed by atoms with Gasteiger partial charge in [0.1, 0.15) is 5.82 Å². The Kier molecular flexibility index (Phi) is 3.99. The van der Waals surface area contributed by atoms with Crippen molar-refractivity contribution in [3.05, 3.63) is 30.1 Å². The second kappa shape index (κ2) is 5.50. The van der Waals surface area contributed by atoms with Crippen molar-refractivity contribution in [2.45, 2.75) is 32.9 Å². The van der Waals surface area contributed by atoms with Crippen molar-refractivity contribution < 1.29 is 5.11 Å². The summed E-state index contributed by atoms with van der Waals surface area (Å²) in [7, 11) is 0. The van der Waals surface area contributed by atoms with Gasteiger partial charge < -0.3 is 15.4 Å². The van der Waals surface area contributed by atoms with Crippen LogP contribution in [0, 0.1) is 5.92 Å². The summed E-state index contributed by atoms with van der Waals surface area (Å²) in [5.41, 5.74) is 8.27. The van der Waals surface area contributed by atoms with E-state index in [0.29, 0.717) is 12.5 Å². The van der Waals surface area contributed by atoms with E-state index in [2.05, 4.69) is 18.8 Å². The van der Waals surface area contributed by atoms with Gasteiger partial charge in [0.2, 0.25) is 0 Å². The monoisotopic (exact) mass is 247 g/mol. The van der Waals surface area contributed by atoms with Gasteiger partial charge in [0.25, 0.3) is 0 Å². The molecule has 2 unspecified atom stereocenters. The molecule has 2 rings (SSSR count). The van der Waals surface area contributed by atoms with E-state index in [9.17, 15) is 5.11 Å². The van der Waals surface area contributed by atoms with Crippen molar-refractivity contribution in [2.24, 2.45) is 11.7 Å². The molecule has 98 valence electrons. The zero-order valence-electron chi connectivity index (χ0n) is 11.0. The molecule has 0 saturated heterocycles. The van der Waals surface area contributed by atoms with Crippen LogP contribution in [0.4, 0.5) is 0 Å². The topological polar surface area (TPSA) is 64.1 Å². The number of aliphatic hydroxyl groups excluding tert-OH is 1. The Bertz CT molecular complexity index is 521. The molecule has 0 saturated carbocycles. The smallest absolute Gasteiger partial charge is 0.127 e. The van der Waals surface area contributed by atoms with Crippen LogP contribution in [0.3, 0.4) is 0 Å². The first-order valence-corrected chi connectivity index (χ1v) is 6.50. The molecule has 0 spiro atoms. The number of hydrogen-bond donors (Lipinski definition) is 2. The Balaban J connectivity index is 2.51. The molecule has 1 aromatic carbocycles. The second-order valence-electron chi connectivity index (χ2n) is 4.75. The predicted octanol–water partition coefficient (Wildman–Crippen LogP) is 2.07. The fourth-order valence-electron chi connectivity index (χ4n) is 2.19. The fraction of sp³-hybridized carbons (Fsp3) is 0.500. The Morgan fingerprint density at radius 3 is 2.78 bits per heavy atom. The molecule has 0 aliphatic rings. The molecule has 4 nitrogen and oxygen atoms in total. The molecule has 0 bridgehead atoms. The largest absolute Gasteiger partial charge is 0.395 e. The minimum absolute atomic E-state index is 0.0889. The average molecular weight is 247 g/mol. The summed E-state index contributed by atoms with van der Waals surface area (Å²) in [6.07, 6.45) is 1.02. The van der Waals surface area contributed by atoms with E-state index >= 15 is 0 Å². The molecule has 3 N–H and O–H groups in total. The van der Waals surface area contributed by atoms with Gasteiger partial charge in [0.05, 0.1) is 23.7 Å². The lowest BCUT2D eigenvalue weighted by atomic mass is 9.99. The van der Waals surface area contributed by atoms with Crippen LogP contribution in [0.5, 0.6) is 0 Å². The highest BCUT2D eigenvalue weighted by Crippen LogP contribution is 2.25. The Hall–Kier alpha value is -1.39. The van der Waals surface area contributed by atoms with Gasteiger partial charge in [-0.05, 0) is 18.1 Å². The van der Waals surface area contributed by atoms with Crippen molar-refractivity contribution in [1.82, 2.24) is 9.55 Å². The van der Waals surface area contributed by atoms with Gasteiger partial charge in [-0.1, -0.05) is 32.4 Å². The molecule has 0 fully saturated rings. The third kappa shape index (κ3) is 2.26. The highest BCUT2D eigenvalue weighted by Gasteiger charge is 2.20. The number of nitrogens with zero attached hydrogens (tertiary/aromatic N) is 2. The second-order valence-corrected chi connectivity index (χ2v) is 4.75. The predicted molar refractivity (Wildman–Crippen MR) is 73.2 cm³/mol. The maximum Gasteiger partial charge on any atom is 0.127 e. The summed E-state index contributed by atoms with van der Waals surface area (Å²) in [4.78, 5) is 4.63. The maximum atomic E-state index is 9.21. The van der Waals surface area contributed by atoms with Crippen LogP contribution in [-0.4, -0.2) is 21.3 Å². The van der Waals surface area contributed by atoms with Crippen molar-refractivity contribution in [3.8, 4) is 0 Å². The maximum absolute atomic E-state index is 9.21. The molecule has 0 amide bonds. The number of para-hydroxylation sites is 2. The molecule has 4 heteroatoms. The van der Waals surface area contributed by atoms with Crippen molar-refractivity contribution in [1.29, 1.82) is 0 Å². The van der Waals surface area contributed by atoms with Crippen molar-refractivity contribution in [2.75, 3.05) is 6.61 Å². The Morgan fingerprint density at radius 1 is 1.39 bits per heavy atom. The Morgan fingerprint density at radius 2 is 2.11 bits per heavy atom. The van der Waals surface area contributed by atoms with Gasteiger partial charge in [-0.2, -0.15) is 0 Å². The van der Waals surface area contributed by atoms with Crippen molar-refractivity contribution in [3.63, 3.8) is 0 Å². The summed E-state index contributed by atoms with van der Waals surface area (Å²) < 4.78 is 2.03. The van der Waals surface area contributed by atoms with E-state index in [1.165, 1.54) is 0 Å². The molecule has 18 heavy (non-hydrogen) atoms. The molecule has 0 aliphatic carbocycles. The molecular weight excluding hydrogens is 226 g/mol. The highest BCUT2D eigenvalue weighted by atomic mass is 16.3. The van der Waals surface area contributed by atoms with E-state index in [4.69, 9.17) is 5.73 Å². The van der Waals surface area contributed by atoms with Gasteiger partial charge in [0, 0.05) is 6.54 Å². The molecule has 2 aromatic rings. The van der Waals surface area contributed by atoms with Crippen LogP contribution >= 0.6 is 0 Å². The van der Waals surface area contributed by atoms with E-state index in [1.807, 2.05) is 28.8 Å². The van der Waals surface area contributed by atoms with Crippen molar-refractivity contribution >= 4 is 11.0 Å². The third-order valence-corrected chi connectivity index (χ3v) is 3.56. The lowest BCUT2D eigenvalue weighted by Crippen LogP contribution is -2.23. The first-order chi connectivity index (χ1) is 8.69. The summed E-state index contributed by atoms with van der Waals surface area (Å²) in [6.45, 7) is 4.90. The summed E-state index contributed by atoms with van der Waals surface area (Å²) in [5.74, 6) is 1.25. The van der Waals surface area contributed by atoms with E-state index in [-0.39, 0.29) is 12.6 Å². The average Bonchev–Trinajstić information content (AvgIpc) is 2.76. The quantitative estimate of drug-likeness (QED) is 0.850. The SMILES string of the molecule is CCC(C)C(N)c1nc2ccccc2n1CCO. The minimum Gasteiger partial charge on any atom is -0.395 e. The molecule has 0 aliphatic heterocycles. The van der Waals surface area contributed by atoms with Crippen LogP contribution in [-0.2, 0) is 6.54 Å². The Labute approximate surface area is 107 Å². The minimum atomic E-state index is -0.0889. The number of nitrogens with two attached hydrogens (primary N) is 1. The lowest BCUT2D eigenvalue weighted by Gasteiger charge is -2.19. The number of hydrogen-bond acceptors (Lipinski definition) is 3. The standard InChI is InChI=1S/C14H21N3O/c1-3-10(2)13(15)14-16-11-6-4-5-7-12(11)17(14)8-9-18/h4-7,10,13,18H,3,8-9,15H2,1-2H3. The van der Waals surface area contributed by atoms with Gasteiger partial charge in [0.15, 0.2) is 0 Å². The summed E-state index contributed by atoms with van der Waals surface area (Å²) in [6, 6.07) is 7.86. The number of aromatic nitrogens is 2. The molecule has 1 aromatic heterocycles. The number of imidazole rings is 1. The van der Waals surface area contributed by atoms with Gasteiger partial charge in [-0.3, -0.25) is 0 Å². The third-order valence-electron chi connectivity index (χ3n) is 3.56. The van der Waals surface area contributed by atoms with E-state index in [0.717, 1.165) is 23.3 Å². The van der Waals surface area contributed by atoms with Crippen LogP contribution in [0.1, 0.15) is 32.1 Å². The van der Waals surface area contributed by atoms with Crippen LogP contribution < -0.4 is 5.73 Å². The van der Waals surface area contributed by atoms with Gasteiger partial charge >= 0.3 is 0 Å². The van der Waals surface area contributed by atoms with Gasteiger partial charge in [-0.15, -0.1) is 0 Å². The lowest BCUT2D eigenvalue weighted by molar-refractivity contribution is 0.273. The van der Waals surface area contributed by atoms with E-state index in [1.54, 1.807) is 0 Å². The number of benzene rings is 1. The first-order valence-electron chi connectivity index (χ1n) is 6.50. The molecular formula is C14H21N3O. The summed E-state index contributed by atoms with van der Waals surface area (Å²) in [5, 5.41) is 9.21. The van der Waals surface area contributed by atoms with Crippen LogP contribution in [0.25, 0.3) is 11.0 Å². The normalized spacial score (nSPS) is 14.9. The number of fused-ring (bicyclic) bond motifs is 1. The zero-order valence-corrected chi connectivity index (χ0v) is 11.0. The highest BCUT2D eigenvalue weighted by molar-refractivity contribution is 5.76. The number of rotatable bonds is 5. The molecule has 1 heterocycles. The van der Waals surface area contributed by atoms with Gasteiger partial charge in [-0.25, -0.2) is 4.98 Å². The van der Waals surface area contributed by atoms with E-state index < -0.39 is 0 Å². The fourth-order valence-corrected chi connectivity index (χ4v) is 2.19. The van der Waals surface area contributed by atoms with Crippen LogP contribution in [0.2, 0.25) is 0 Å². The molecule has 0 radical (unpaired) electrons.